The highest BCUT2D eigenvalue weighted by Gasteiger charge is 2.32. The van der Waals surface area contributed by atoms with Gasteiger partial charge in [0.05, 0.1) is 11.4 Å². The lowest BCUT2D eigenvalue weighted by Gasteiger charge is -2.24. The zero-order valence-electron chi connectivity index (χ0n) is 13.6. The molecule has 0 aliphatic carbocycles. The molecule has 1 fully saturated rings. The van der Waals surface area contributed by atoms with Crippen molar-refractivity contribution in [2.75, 3.05) is 51.9 Å². The molecule has 2 rings (SSSR count). The van der Waals surface area contributed by atoms with Crippen molar-refractivity contribution in [3.05, 3.63) is 23.8 Å². The van der Waals surface area contributed by atoms with E-state index in [9.17, 15) is 4.79 Å². The van der Waals surface area contributed by atoms with Gasteiger partial charge in [-0.1, -0.05) is 6.92 Å². The molecule has 1 aliphatic heterocycles. The Morgan fingerprint density at radius 1 is 1.24 bits per heavy atom. The van der Waals surface area contributed by atoms with E-state index >= 15 is 0 Å². The summed E-state index contributed by atoms with van der Waals surface area (Å²) in [4.78, 5) is 18.3. The van der Waals surface area contributed by atoms with Crippen LogP contribution in [0.25, 0.3) is 0 Å². The van der Waals surface area contributed by atoms with Gasteiger partial charge in [0, 0.05) is 38.8 Å². The summed E-state index contributed by atoms with van der Waals surface area (Å²) >= 11 is 0. The number of carbonyl (C=O) groups excluding carboxylic acids is 1. The minimum atomic E-state index is 0.00709. The number of anilines is 2. The van der Waals surface area contributed by atoms with Crippen molar-refractivity contribution in [2.45, 2.75) is 13.0 Å². The molecule has 1 saturated heterocycles. The van der Waals surface area contributed by atoms with Crippen molar-refractivity contribution in [3.8, 4) is 0 Å². The maximum absolute atomic E-state index is 12.1. The van der Waals surface area contributed by atoms with Crippen LogP contribution >= 0.6 is 0 Å². The van der Waals surface area contributed by atoms with Gasteiger partial charge >= 0.3 is 0 Å². The van der Waals surface area contributed by atoms with Crippen molar-refractivity contribution in [1.82, 2.24) is 9.80 Å². The van der Waals surface area contributed by atoms with E-state index in [0.717, 1.165) is 24.5 Å². The second kappa shape index (κ2) is 5.93. The van der Waals surface area contributed by atoms with E-state index in [2.05, 4.69) is 30.8 Å². The van der Waals surface area contributed by atoms with Gasteiger partial charge < -0.3 is 20.4 Å². The first-order chi connectivity index (χ1) is 9.81. The predicted octanol–water partition coefficient (Wildman–Crippen LogP) is 1.36. The topological polar surface area (TPSA) is 52.8 Å². The summed E-state index contributed by atoms with van der Waals surface area (Å²) in [6, 6.07) is 6.06. The number of nitrogens with zero attached hydrogens (tertiary/aromatic N) is 3. The summed E-state index contributed by atoms with van der Waals surface area (Å²) in [6.07, 6.45) is 0. The van der Waals surface area contributed by atoms with Crippen molar-refractivity contribution in [3.63, 3.8) is 0 Å². The lowest BCUT2D eigenvalue weighted by Crippen LogP contribution is -2.34. The summed E-state index contributed by atoms with van der Waals surface area (Å²) in [5, 5.41) is 0. The van der Waals surface area contributed by atoms with Crippen LogP contribution in [-0.2, 0) is 0 Å². The Morgan fingerprint density at radius 3 is 2.43 bits per heavy atom. The molecule has 116 valence electrons. The Balaban J connectivity index is 2.28. The SMILES string of the molecule is CC1CN(c2cc(C(=O)N(C)C)ccc2N)CC1N(C)C. The van der Waals surface area contributed by atoms with E-state index in [4.69, 9.17) is 5.73 Å². The summed E-state index contributed by atoms with van der Waals surface area (Å²) < 4.78 is 0. The Kier molecular flexibility index (Phi) is 4.42. The number of hydrogen-bond donors (Lipinski definition) is 1. The lowest BCUT2D eigenvalue weighted by molar-refractivity contribution is 0.0827. The molecule has 1 heterocycles. The number of likely N-dealkylation sites (N-methyl/N-ethyl adjacent to an activating group) is 1. The van der Waals surface area contributed by atoms with Gasteiger partial charge in [-0.25, -0.2) is 0 Å². The fraction of sp³-hybridized carbons (Fsp3) is 0.562. The van der Waals surface area contributed by atoms with Gasteiger partial charge in [-0.2, -0.15) is 0 Å². The van der Waals surface area contributed by atoms with Crippen LogP contribution in [0.1, 0.15) is 17.3 Å². The van der Waals surface area contributed by atoms with Gasteiger partial charge in [0.2, 0.25) is 0 Å². The monoisotopic (exact) mass is 290 g/mol. The number of nitrogens with two attached hydrogens (primary N) is 1. The Morgan fingerprint density at radius 2 is 1.90 bits per heavy atom. The first-order valence-electron chi connectivity index (χ1n) is 7.33. The van der Waals surface area contributed by atoms with Crippen LogP contribution in [-0.4, -0.2) is 63.0 Å². The highest BCUT2D eigenvalue weighted by Crippen LogP contribution is 2.31. The van der Waals surface area contributed by atoms with Crippen LogP contribution in [0, 0.1) is 5.92 Å². The lowest BCUT2D eigenvalue weighted by atomic mass is 10.1. The molecular weight excluding hydrogens is 264 g/mol. The first kappa shape index (κ1) is 15.6. The molecule has 2 unspecified atom stereocenters. The molecule has 21 heavy (non-hydrogen) atoms. The number of nitrogen functional groups attached to an aromatic ring is 1. The summed E-state index contributed by atoms with van der Waals surface area (Å²) in [5.74, 6) is 0.584. The average molecular weight is 290 g/mol. The van der Waals surface area contributed by atoms with E-state index in [0.29, 0.717) is 17.5 Å². The Labute approximate surface area is 127 Å². The summed E-state index contributed by atoms with van der Waals surface area (Å²) in [5.41, 5.74) is 8.52. The highest BCUT2D eigenvalue weighted by molar-refractivity contribution is 5.96. The Bertz CT molecular complexity index is 527. The molecule has 2 atom stereocenters. The third kappa shape index (κ3) is 3.13. The second-order valence-electron chi connectivity index (χ2n) is 6.39. The highest BCUT2D eigenvalue weighted by atomic mass is 16.2. The molecule has 0 bridgehead atoms. The van der Waals surface area contributed by atoms with E-state index < -0.39 is 0 Å². The van der Waals surface area contributed by atoms with E-state index in [1.54, 1.807) is 25.1 Å². The maximum Gasteiger partial charge on any atom is 0.253 e. The van der Waals surface area contributed by atoms with E-state index in [-0.39, 0.29) is 5.91 Å². The first-order valence-corrected chi connectivity index (χ1v) is 7.33. The van der Waals surface area contributed by atoms with Crippen LogP contribution in [0.15, 0.2) is 18.2 Å². The van der Waals surface area contributed by atoms with Crippen LogP contribution in [0.5, 0.6) is 0 Å². The fourth-order valence-electron chi connectivity index (χ4n) is 3.03. The molecule has 0 radical (unpaired) electrons. The number of amides is 1. The van der Waals surface area contributed by atoms with Crippen molar-refractivity contribution in [1.29, 1.82) is 0 Å². The maximum atomic E-state index is 12.1. The molecule has 1 aliphatic rings. The molecular formula is C16H26N4O. The van der Waals surface area contributed by atoms with Crippen LogP contribution in [0.4, 0.5) is 11.4 Å². The van der Waals surface area contributed by atoms with Crippen molar-refractivity contribution < 1.29 is 4.79 Å². The van der Waals surface area contributed by atoms with Crippen LogP contribution < -0.4 is 10.6 Å². The van der Waals surface area contributed by atoms with Crippen LogP contribution in [0.2, 0.25) is 0 Å². The third-order valence-electron chi connectivity index (χ3n) is 4.26. The van der Waals surface area contributed by atoms with E-state index in [1.807, 2.05) is 12.1 Å². The minimum Gasteiger partial charge on any atom is -0.397 e. The molecule has 0 aromatic heterocycles. The van der Waals surface area contributed by atoms with Gasteiger partial charge in [-0.15, -0.1) is 0 Å². The standard InChI is InChI=1S/C16H26N4O/c1-11-9-20(10-15(11)18(2)3)14-8-12(6-7-13(14)17)16(21)19(4)5/h6-8,11,15H,9-10,17H2,1-5H3. The summed E-state index contributed by atoms with van der Waals surface area (Å²) in [7, 11) is 7.75. The molecule has 0 saturated carbocycles. The second-order valence-corrected chi connectivity index (χ2v) is 6.39. The number of benzene rings is 1. The molecule has 2 N–H and O–H groups in total. The predicted molar refractivity (Wildman–Crippen MR) is 87.7 cm³/mol. The third-order valence-corrected chi connectivity index (χ3v) is 4.26. The quantitative estimate of drug-likeness (QED) is 0.854. The van der Waals surface area contributed by atoms with Gasteiger partial charge in [0.15, 0.2) is 0 Å². The molecule has 5 heteroatoms. The molecule has 0 spiro atoms. The number of carbonyl (C=O) groups is 1. The van der Waals surface area contributed by atoms with Gasteiger partial charge in [-0.05, 0) is 38.2 Å². The average Bonchev–Trinajstić information content (AvgIpc) is 2.80. The minimum absolute atomic E-state index is 0.00709. The molecule has 1 aromatic carbocycles. The van der Waals surface area contributed by atoms with Gasteiger partial charge in [0.25, 0.3) is 5.91 Å². The Hall–Kier alpha value is -1.75. The molecule has 5 nitrogen and oxygen atoms in total. The normalized spacial score (nSPS) is 21.9. The van der Waals surface area contributed by atoms with Gasteiger partial charge in [-0.3, -0.25) is 4.79 Å². The van der Waals surface area contributed by atoms with Crippen molar-refractivity contribution in [2.24, 2.45) is 5.92 Å². The largest absolute Gasteiger partial charge is 0.397 e. The van der Waals surface area contributed by atoms with Crippen LogP contribution in [0.3, 0.4) is 0 Å². The molecule has 1 aromatic rings. The van der Waals surface area contributed by atoms with Crippen molar-refractivity contribution >= 4 is 17.3 Å². The van der Waals surface area contributed by atoms with Gasteiger partial charge in [0.1, 0.15) is 0 Å². The number of rotatable bonds is 3. The fourth-order valence-corrected chi connectivity index (χ4v) is 3.03. The zero-order valence-corrected chi connectivity index (χ0v) is 13.6. The smallest absolute Gasteiger partial charge is 0.253 e. The molecule has 1 amide bonds. The van der Waals surface area contributed by atoms with E-state index in [1.165, 1.54) is 0 Å². The number of hydrogen-bond acceptors (Lipinski definition) is 4. The zero-order chi connectivity index (χ0) is 15.7. The summed E-state index contributed by atoms with van der Waals surface area (Å²) in [6.45, 7) is 4.17.